The van der Waals surface area contributed by atoms with Gasteiger partial charge in [0.1, 0.15) is 6.04 Å². The van der Waals surface area contributed by atoms with Gasteiger partial charge >= 0.3 is 0 Å². The molecule has 0 spiro atoms. The van der Waals surface area contributed by atoms with E-state index in [1.54, 1.807) is 0 Å². The number of carbonyl (C=O) groups excluding carboxylic acids is 1. The molecule has 3 nitrogen and oxygen atoms in total. The number of rotatable bonds is 1. The minimum atomic E-state index is 0.308. The molecule has 1 saturated heterocycles. The van der Waals surface area contributed by atoms with Crippen molar-refractivity contribution in [3.63, 3.8) is 0 Å². The van der Waals surface area contributed by atoms with E-state index in [4.69, 9.17) is 0 Å². The zero-order valence-corrected chi connectivity index (χ0v) is 9.92. The van der Waals surface area contributed by atoms with Crippen molar-refractivity contribution in [1.82, 2.24) is 4.90 Å². The van der Waals surface area contributed by atoms with Crippen molar-refractivity contribution in [3.8, 4) is 0 Å². The summed E-state index contributed by atoms with van der Waals surface area (Å²) < 4.78 is 0.956. The molecule has 1 aliphatic rings. The average Bonchev–Trinajstić information content (AvgIpc) is 2.04. The molecule has 0 aromatic rings. The molecule has 1 unspecified atom stereocenters. The zero-order valence-electron chi connectivity index (χ0n) is 9.92. The van der Waals surface area contributed by atoms with Gasteiger partial charge in [-0.3, -0.25) is 4.79 Å². The smallest absolute Gasteiger partial charge is 0.222 e. The first-order valence-corrected chi connectivity index (χ1v) is 5.46. The van der Waals surface area contributed by atoms with E-state index in [0.717, 1.165) is 23.9 Å². The van der Waals surface area contributed by atoms with Crippen molar-refractivity contribution in [3.05, 3.63) is 0 Å². The Kier molecular flexibility index (Phi) is 3.53. The Labute approximate surface area is 87.3 Å². The van der Waals surface area contributed by atoms with Gasteiger partial charge in [0.05, 0.1) is 27.7 Å². The maximum absolute atomic E-state index is 11.6. The lowest BCUT2D eigenvalue weighted by atomic mass is 10.0. The highest BCUT2D eigenvalue weighted by Gasteiger charge is 2.27. The molecule has 3 heteroatoms. The molecular weight excluding hydrogens is 176 g/mol. The van der Waals surface area contributed by atoms with Gasteiger partial charge in [0.2, 0.25) is 5.91 Å². The molecular formula is C11H23N2O+. The van der Waals surface area contributed by atoms with Crippen molar-refractivity contribution >= 4 is 5.91 Å². The summed E-state index contributed by atoms with van der Waals surface area (Å²) in [5, 5.41) is 0. The van der Waals surface area contributed by atoms with Crippen LogP contribution in [0, 0.1) is 0 Å². The zero-order chi connectivity index (χ0) is 10.8. The number of likely N-dealkylation sites (N-methyl/N-ethyl adjacent to an activating group) is 2. The molecule has 0 bridgehead atoms. The van der Waals surface area contributed by atoms with E-state index in [1.165, 1.54) is 12.8 Å². The highest BCUT2D eigenvalue weighted by molar-refractivity contribution is 5.75. The normalized spacial score (nSPS) is 25.9. The third-order valence-electron chi connectivity index (χ3n) is 3.18. The van der Waals surface area contributed by atoms with E-state index in [-0.39, 0.29) is 0 Å². The van der Waals surface area contributed by atoms with Crippen LogP contribution in [0.4, 0.5) is 0 Å². The third kappa shape index (κ3) is 2.98. The Morgan fingerprint density at radius 1 is 1.29 bits per heavy atom. The lowest BCUT2D eigenvalue weighted by Gasteiger charge is -2.37. The van der Waals surface area contributed by atoms with Crippen LogP contribution in [0.5, 0.6) is 0 Å². The van der Waals surface area contributed by atoms with E-state index in [9.17, 15) is 4.79 Å². The highest BCUT2D eigenvalue weighted by Crippen LogP contribution is 2.17. The van der Waals surface area contributed by atoms with E-state index in [1.807, 2.05) is 11.9 Å². The number of amides is 1. The highest BCUT2D eigenvalue weighted by atomic mass is 16.2. The summed E-state index contributed by atoms with van der Waals surface area (Å²) in [4.78, 5) is 13.5. The van der Waals surface area contributed by atoms with Crippen molar-refractivity contribution in [2.75, 3.05) is 34.7 Å². The molecule has 1 heterocycles. The summed E-state index contributed by atoms with van der Waals surface area (Å²) in [6, 6.07) is 0.587. The average molecular weight is 199 g/mol. The van der Waals surface area contributed by atoms with E-state index in [0.29, 0.717) is 11.9 Å². The number of hydrogen-bond acceptors (Lipinski definition) is 1. The minimum Gasteiger partial charge on any atom is -0.340 e. The minimum absolute atomic E-state index is 0.308. The summed E-state index contributed by atoms with van der Waals surface area (Å²) >= 11 is 0. The summed E-state index contributed by atoms with van der Waals surface area (Å²) in [5.41, 5.74) is 0. The molecule has 0 aromatic heterocycles. The van der Waals surface area contributed by atoms with Crippen LogP contribution in [-0.2, 0) is 4.79 Å². The van der Waals surface area contributed by atoms with Crippen LogP contribution in [0.1, 0.15) is 25.7 Å². The summed E-state index contributed by atoms with van der Waals surface area (Å²) in [5.74, 6) is 0.308. The topological polar surface area (TPSA) is 20.3 Å². The van der Waals surface area contributed by atoms with Gasteiger partial charge < -0.3 is 9.38 Å². The molecule has 0 N–H and O–H groups in total. The number of likely N-dealkylation sites (tertiary alicyclic amines) is 1. The van der Waals surface area contributed by atoms with Crippen LogP contribution in [-0.4, -0.2) is 56.1 Å². The lowest BCUT2D eigenvalue weighted by molar-refractivity contribution is -0.895. The van der Waals surface area contributed by atoms with E-state index in [2.05, 4.69) is 21.1 Å². The fraction of sp³-hybridized carbons (Fsp3) is 0.909. The van der Waals surface area contributed by atoms with Crippen LogP contribution >= 0.6 is 0 Å². The SMILES string of the molecule is CN1CC([N+](C)(C)C)CCCCC1=O. The predicted octanol–water partition coefficient (Wildman–Crippen LogP) is 1.09. The number of carbonyl (C=O) groups is 1. The second-order valence-electron chi connectivity index (χ2n) is 5.29. The first-order valence-electron chi connectivity index (χ1n) is 5.46. The van der Waals surface area contributed by atoms with Crippen molar-refractivity contribution in [1.29, 1.82) is 0 Å². The fourth-order valence-corrected chi connectivity index (χ4v) is 1.99. The Balaban J connectivity index is 2.64. The summed E-state index contributed by atoms with van der Waals surface area (Å²) in [6.45, 7) is 0.905. The van der Waals surface area contributed by atoms with Gasteiger partial charge in [-0.25, -0.2) is 0 Å². The Morgan fingerprint density at radius 3 is 2.50 bits per heavy atom. The number of quaternary nitrogens is 1. The fourth-order valence-electron chi connectivity index (χ4n) is 1.99. The van der Waals surface area contributed by atoms with Gasteiger partial charge in [-0.15, -0.1) is 0 Å². The second kappa shape index (κ2) is 4.30. The molecule has 1 atom stereocenters. The van der Waals surface area contributed by atoms with E-state index < -0.39 is 0 Å². The van der Waals surface area contributed by atoms with Gasteiger partial charge in [-0.1, -0.05) is 0 Å². The molecule has 1 rings (SSSR count). The summed E-state index contributed by atoms with van der Waals surface area (Å²) in [7, 11) is 8.57. The molecule has 82 valence electrons. The molecule has 0 radical (unpaired) electrons. The molecule has 1 aliphatic heterocycles. The van der Waals surface area contributed by atoms with Gasteiger partial charge in [0, 0.05) is 19.9 Å². The first kappa shape index (κ1) is 11.5. The first-order chi connectivity index (χ1) is 6.41. The maximum Gasteiger partial charge on any atom is 0.222 e. The van der Waals surface area contributed by atoms with Gasteiger partial charge in [-0.05, 0) is 12.8 Å². The Bertz CT molecular complexity index is 208. The lowest BCUT2D eigenvalue weighted by Crippen LogP contribution is -2.52. The largest absolute Gasteiger partial charge is 0.340 e. The van der Waals surface area contributed by atoms with Gasteiger partial charge in [0.15, 0.2) is 0 Å². The number of hydrogen-bond donors (Lipinski definition) is 0. The summed E-state index contributed by atoms with van der Waals surface area (Å²) in [6.07, 6.45) is 4.22. The van der Waals surface area contributed by atoms with Gasteiger partial charge in [-0.2, -0.15) is 0 Å². The molecule has 14 heavy (non-hydrogen) atoms. The van der Waals surface area contributed by atoms with Crippen LogP contribution < -0.4 is 0 Å². The monoisotopic (exact) mass is 199 g/mol. The quantitative estimate of drug-likeness (QED) is 0.579. The molecule has 0 saturated carbocycles. The van der Waals surface area contributed by atoms with Crippen molar-refractivity contribution in [2.45, 2.75) is 31.7 Å². The maximum atomic E-state index is 11.6. The second-order valence-corrected chi connectivity index (χ2v) is 5.29. The number of nitrogens with zero attached hydrogens (tertiary/aromatic N) is 2. The Hall–Kier alpha value is -0.570. The van der Waals surface area contributed by atoms with Crippen molar-refractivity contribution in [2.24, 2.45) is 0 Å². The van der Waals surface area contributed by atoms with Crippen LogP contribution in [0.25, 0.3) is 0 Å². The van der Waals surface area contributed by atoms with E-state index >= 15 is 0 Å². The van der Waals surface area contributed by atoms with Crippen LogP contribution in [0.3, 0.4) is 0 Å². The van der Waals surface area contributed by atoms with Gasteiger partial charge in [0.25, 0.3) is 0 Å². The third-order valence-corrected chi connectivity index (χ3v) is 3.18. The molecule has 1 fully saturated rings. The van der Waals surface area contributed by atoms with Crippen molar-refractivity contribution < 1.29 is 9.28 Å². The molecule has 0 aromatic carbocycles. The molecule has 1 amide bonds. The predicted molar refractivity (Wildman–Crippen MR) is 57.9 cm³/mol. The van der Waals surface area contributed by atoms with Crippen LogP contribution in [0.2, 0.25) is 0 Å². The van der Waals surface area contributed by atoms with Crippen LogP contribution in [0.15, 0.2) is 0 Å². The molecule has 0 aliphatic carbocycles. The standard InChI is InChI=1S/C11H23N2O/c1-12-9-10(13(2,3)4)7-5-6-8-11(12)14/h10H,5-9H2,1-4H3/q+1. The Morgan fingerprint density at radius 2 is 1.93 bits per heavy atom.